The molecule has 0 atom stereocenters. The maximum atomic E-state index is 2.30. The maximum Gasteiger partial charge on any atom is 0.151 e. The summed E-state index contributed by atoms with van der Waals surface area (Å²) in [4.78, 5) is 2.77. The monoisotopic (exact) mass is 242 g/mol. The molecule has 0 fully saturated rings. The number of para-hydroxylation sites is 2. The smallest absolute Gasteiger partial charge is 0.151 e. The van der Waals surface area contributed by atoms with Gasteiger partial charge in [0.1, 0.15) is 0 Å². The Hall–Kier alpha value is -1.25. The van der Waals surface area contributed by atoms with Gasteiger partial charge in [0, 0.05) is 12.1 Å². The molecular weight excluding hydrogens is 226 g/mol. The minimum atomic E-state index is 0.902. The van der Waals surface area contributed by atoms with Gasteiger partial charge in [0.25, 0.3) is 0 Å². The molecular formula is C15H16NS+. The van der Waals surface area contributed by atoms with Gasteiger partial charge < -0.3 is 0 Å². The highest BCUT2D eigenvalue weighted by atomic mass is 32.2. The molecule has 1 aliphatic heterocycles. The molecule has 0 spiro atoms. The van der Waals surface area contributed by atoms with Crippen LogP contribution in [0.5, 0.6) is 0 Å². The first-order valence-electron chi connectivity index (χ1n) is 5.98. The summed E-state index contributed by atoms with van der Waals surface area (Å²) in [6, 6.07) is 17.5. The zero-order chi connectivity index (χ0) is 11.9. The van der Waals surface area contributed by atoms with E-state index in [1.54, 1.807) is 0 Å². The standard InChI is InChI=1S/C15H16NS/c1-3-16(2)12-8-4-6-10-14(12)17-15-11-7-5-9-13(15)16/h4-11H,3H2,1-2H3/q+1. The van der Waals surface area contributed by atoms with Gasteiger partial charge in [-0.3, -0.25) is 4.48 Å². The summed E-state index contributed by atoms with van der Waals surface area (Å²) in [5, 5.41) is 0. The normalized spacial score (nSPS) is 16.1. The number of hydrogen-bond donors (Lipinski definition) is 0. The molecule has 86 valence electrons. The highest BCUT2D eigenvalue weighted by Crippen LogP contribution is 2.51. The predicted molar refractivity (Wildman–Crippen MR) is 74.9 cm³/mol. The van der Waals surface area contributed by atoms with Gasteiger partial charge in [-0.1, -0.05) is 36.0 Å². The molecule has 2 aromatic rings. The van der Waals surface area contributed by atoms with Crippen molar-refractivity contribution in [3.05, 3.63) is 48.5 Å². The molecule has 3 rings (SSSR count). The van der Waals surface area contributed by atoms with E-state index < -0.39 is 0 Å². The van der Waals surface area contributed by atoms with Crippen LogP contribution in [-0.2, 0) is 0 Å². The molecule has 0 radical (unpaired) electrons. The van der Waals surface area contributed by atoms with Crippen LogP contribution in [-0.4, -0.2) is 13.6 Å². The van der Waals surface area contributed by atoms with Gasteiger partial charge in [0.15, 0.2) is 11.4 Å². The second kappa shape index (κ2) is 3.90. The van der Waals surface area contributed by atoms with Crippen molar-refractivity contribution in [3.63, 3.8) is 0 Å². The summed E-state index contributed by atoms with van der Waals surface area (Å²) in [5.41, 5.74) is 2.83. The molecule has 1 nitrogen and oxygen atoms in total. The highest BCUT2D eigenvalue weighted by Gasteiger charge is 2.35. The van der Waals surface area contributed by atoms with Crippen molar-refractivity contribution in [2.75, 3.05) is 13.6 Å². The van der Waals surface area contributed by atoms with Gasteiger partial charge in [0.2, 0.25) is 0 Å². The SMILES string of the molecule is CC[N+]1(C)c2ccccc2Sc2ccccc21. The Labute approximate surface area is 107 Å². The van der Waals surface area contributed by atoms with Crippen LogP contribution in [0.1, 0.15) is 6.92 Å². The molecule has 0 amide bonds. The van der Waals surface area contributed by atoms with Crippen molar-refractivity contribution < 1.29 is 0 Å². The van der Waals surface area contributed by atoms with E-state index in [0.717, 1.165) is 11.0 Å². The second-order valence-corrected chi connectivity index (χ2v) is 5.63. The topological polar surface area (TPSA) is 0 Å². The lowest BCUT2D eigenvalue weighted by molar-refractivity contribution is 0.464. The maximum absolute atomic E-state index is 2.30. The van der Waals surface area contributed by atoms with Crippen molar-refractivity contribution in [2.45, 2.75) is 16.7 Å². The third-order valence-corrected chi connectivity index (χ3v) is 4.78. The Bertz CT molecular complexity index is 517. The van der Waals surface area contributed by atoms with Gasteiger partial charge in [-0.05, 0) is 19.1 Å². The summed E-state index contributed by atoms with van der Waals surface area (Å²) in [6.07, 6.45) is 0. The van der Waals surface area contributed by atoms with Crippen molar-refractivity contribution in [2.24, 2.45) is 0 Å². The summed E-state index contributed by atoms with van der Waals surface area (Å²) >= 11 is 1.88. The predicted octanol–water partition coefficient (Wildman–Crippen LogP) is 4.44. The van der Waals surface area contributed by atoms with Gasteiger partial charge in [-0.2, -0.15) is 0 Å². The van der Waals surface area contributed by atoms with Crippen molar-refractivity contribution in [1.82, 2.24) is 4.48 Å². The lowest BCUT2D eigenvalue weighted by atomic mass is 10.2. The molecule has 2 aromatic carbocycles. The molecule has 0 unspecified atom stereocenters. The van der Waals surface area contributed by atoms with Gasteiger partial charge >= 0.3 is 0 Å². The fourth-order valence-electron chi connectivity index (χ4n) is 2.49. The molecule has 2 heteroatoms. The van der Waals surface area contributed by atoms with Crippen molar-refractivity contribution >= 4 is 23.1 Å². The van der Waals surface area contributed by atoms with E-state index in [2.05, 4.69) is 62.5 Å². The van der Waals surface area contributed by atoms with E-state index in [1.165, 1.54) is 21.2 Å². The van der Waals surface area contributed by atoms with Gasteiger partial charge in [-0.25, -0.2) is 0 Å². The first kappa shape index (κ1) is 10.9. The number of hydrogen-bond acceptors (Lipinski definition) is 1. The summed E-state index contributed by atoms with van der Waals surface area (Å²) < 4.78 is 0.902. The van der Waals surface area contributed by atoms with E-state index in [0.29, 0.717) is 0 Å². The lowest BCUT2D eigenvalue weighted by Gasteiger charge is -2.37. The minimum Gasteiger partial charge on any atom is -0.259 e. The molecule has 0 saturated carbocycles. The van der Waals surface area contributed by atoms with Crippen LogP contribution in [0.2, 0.25) is 0 Å². The molecule has 0 aliphatic carbocycles. The molecule has 0 N–H and O–H groups in total. The second-order valence-electron chi connectivity index (χ2n) is 4.55. The summed E-state index contributed by atoms with van der Waals surface area (Å²) in [5.74, 6) is 0. The minimum absolute atomic E-state index is 0.902. The highest BCUT2D eigenvalue weighted by molar-refractivity contribution is 7.99. The van der Waals surface area contributed by atoms with E-state index in [-0.39, 0.29) is 0 Å². The number of nitrogens with zero attached hydrogens (tertiary/aromatic N) is 1. The largest absolute Gasteiger partial charge is 0.259 e. The average molecular weight is 242 g/mol. The van der Waals surface area contributed by atoms with Crippen LogP contribution >= 0.6 is 11.8 Å². The Morgan fingerprint density at radius 1 is 0.882 bits per heavy atom. The zero-order valence-corrected chi connectivity index (χ0v) is 11.0. The average Bonchev–Trinajstić information content (AvgIpc) is 2.39. The molecule has 0 aromatic heterocycles. The number of rotatable bonds is 1. The number of fused-ring (bicyclic) bond motifs is 2. The zero-order valence-electron chi connectivity index (χ0n) is 10.2. The quantitative estimate of drug-likeness (QED) is 0.666. The number of quaternary nitrogens is 1. The van der Waals surface area contributed by atoms with Crippen molar-refractivity contribution in [1.29, 1.82) is 0 Å². The Balaban J connectivity index is 2.28. The van der Waals surface area contributed by atoms with E-state index in [9.17, 15) is 0 Å². The Kier molecular flexibility index (Phi) is 2.49. The van der Waals surface area contributed by atoms with Crippen LogP contribution in [0, 0.1) is 0 Å². The van der Waals surface area contributed by atoms with E-state index >= 15 is 0 Å². The van der Waals surface area contributed by atoms with E-state index in [4.69, 9.17) is 0 Å². The number of benzene rings is 2. The van der Waals surface area contributed by atoms with E-state index in [1.807, 2.05) is 11.8 Å². The van der Waals surface area contributed by atoms with Gasteiger partial charge in [-0.15, -0.1) is 0 Å². The fourth-order valence-corrected chi connectivity index (χ4v) is 3.77. The third-order valence-electron chi connectivity index (χ3n) is 3.65. The summed E-state index contributed by atoms with van der Waals surface area (Å²) in [6.45, 7) is 3.33. The Morgan fingerprint density at radius 2 is 1.35 bits per heavy atom. The van der Waals surface area contributed by atoms with Crippen LogP contribution in [0.25, 0.3) is 0 Å². The van der Waals surface area contributed by atoms with Crippen LogP contribution in [0.4, 0.5) is 11.4 Å². The van der Waals surface area contributed by atoms with Crippen LogP contribution < -0.4 is 4.48 Å². The van der Waals surface area contributed by atoms with Crippen molar-refractivity contribution in [3.8, 4) is 0 Å². The Morgan fingerprint density at radius 3 is 1.82 bits per heavy atom. The third kappa shape index (κ3) is 1.52. The molecule has 1 aliphatic rings. The molecule has 0 saturated heterocycles. The van der Waals surface area contributed by atoms with Gasteiger partial charge in [0.05, 0.1) is 23.4 Å². The first-order valence-corrected chi connectivity index (χ1v) is 6.80. The molecule has 0 bridgehead atoms. The van der Waals surface area contributed by atoms with Crippen LogP contribution in [0.3, 0.4) is 0 Å². The lowest BCUT2D eigenvalue weighted by Crippen LogP contribution is -2.41. The van der Waals surface area contributed by atoms with Crippen LogP contribution in [0.15, 0.2) is 58.3 Å². The molecule has 17 heavy (non-hydrogen) atoms. The fraction of sp³-hybridized carbons (Fsp3) is 0.200. The summed E-state index contributed by atoms with van der Waals surface area (Å²) in [7, 11) is 2.30. The molecule has 1 heterocycles. The first-order chi connectivity index (χ1) is 8.25.